The highest BCUT2D eigenvalue weighted by atomic mass is 32.1. The Morgan fingerprint density at radius 2 is 2.22 bits per heavy atom. The van der Waals surface area contributed by atoms with Crippen LogP contribution in [-0.2, 0) is 11.3 Å². The number of methoxy groups -OCH3 is 1. The zero-order valence-electron chi connectivity index (χ0n) is 13.3. The van der Waals surface area contributed by atoms with E-state index in [-0.39, 0.29) is 5.91 Å². The molecule has 0 aliphatic carbocycles. The van der Waals surface area contributed by atoms with Crippen LogP contribution in [0.25, 0.3) is 0 Å². The van der Waals surface area contributed by atoms with Gasteiger partial charge in [0.15, 0.2) is 0 Å². The van der Waals surface area contributed by atoms with Gasteiger partial charge in [0.25, 0.3) is 0 Å². The first-order valence-electron chi connectivity index (χ1n) is 7.94. The van der Waals surface area contributed by atoms with Crippen molar-refractivity contribution in [2.75, 3.05) is 20.2 Å². The minimum absolute atomic E-state index is 0.0689. The molecule has 1 fully saturated rings. The summed E-state index contributed by atoms with van der Waals surface area (Å²) in [4.78, 5) is 15.9. The summed E-state index contributed by atoms with van der Waals surface area (Å²) in [7, 11) is 1.65. The van der Waals surface area contributed by atoms with Crippen molar-refractivity contribution in [3.63, 3.8) is 0 Å². The van der Waals surface area contributed by atoms with Gasteiger partial charge in [-0.25, -0.2) is 0 Å². The average molecular weight is 330 g/mol. The minimum atomic E-state index is 0.0689. The molecule has 1 aromatic heterocycles. The second kappa shape index (κ2) is 7.62. The Bertz CT molecular complexity index is 642. The summed E-state index contributed by atoms with van der Waals surface area (Å²) >= 11 is 1.78. The largest absolute Gasteiger partial charge is 0.496 e. The Balaban J connectivity index is 1.55. The van der Waals surface area contributed by atoms with Gasteiger partial charge in [-0.15, -0.1) is 11.3 Å². The van der Waals surface area contributed by atoms with Crippen LogP contribution in [0.15, 0.2) is 41.8 Å². The zero-order chi connectivity index (χ0) is 16.1. The van der Waals surface area contributed by atoms with E-state index in [4.69, 9.17) is 4.74 Å². The van der Waals surface area contributed by atoms with Crippen LogP contribution in [0, 0.1) is 0 Å². The van der Waals surface area contributed by atoms with Crippen LogP contribution >= 0.6 is 11.3 Å². The molecule has 1 aliphatic heterocycles. The third-order valence-electron chi connectivity index (χ3n) is 4.25. The third kappa shape index (κ3) is 3.92. The van der Waals surface area contributed by atoms with Crippen molar-refractivity contribution in [3.05, 3.63) is 52.2 Å². The molecule has 1 amide bonds. The van der Waals surface area contributed by atoms with Crippen LogP contribution in [0.5, 0.6) is 5.75 Å². The molecule has 0 bridgehead atoms. The molecular formula is C18H22N2O2S. The highest BCUT2D eigenvalue weighted by Crippen LogP contribution is 2.33. The third-order valence-corrected chi connectivity index (χ3v) is 5.22. The van der Waals surface area contributed by atoms with Crippen molar-refractivity contribution in [2.45, 2.75) is 25.4 Å². The van der Waals surface area contributed by atoms with Crippen molar-refractivity contribution >= 4 is 17.2 Å². The van der Waals surface area contributed by atoms with E-state index in [2.05, 4.69) is 27.7 Å². The summed E-state index contributed by atoms with van der Waals surface area (Å²) in [6, 6.07) is 12.4. The van der Waals surface area contributed by atoms with Crippen molar-refractivity contribution in [3.8, 4) is 5.75 Å². The van der Waals surface area contributed by atoms with Gasteiger partial charge in [0.05, 0.1) is 13.7 Å². The number of carbonyl (C=O) groups is 1. The van der Waals surface area contributed by atoms with Gasteiger partial charge < -0.3 is 10.1 Å². The summed E-state index contributed by atoms with van der Waals surface area (Å²) in [6.07, 6.45) is 2.29. The smallest absolute Gasteiger partial charge is 0.234 e. The van der Waals surface area contributed by atoms with Crippen LogP contribution in [-0.4, -0.2) is 31.0 Å². The Labute approximate surface area is 141 Å². The molecule has 1 N–H and O–H groups in total. The summed E-state index contributed by atoms with van der Waals surface area (Å²) in [5.74, 6) is 0.879. The van der Waals surface area contributed by atoms with Crippen LogP contribution < -0.4 is 10.1 Å². The lowest BCUT2D eigenvalue weighted by Gasteiger charge is -2.23. The number of carbonyl (C=O) groups excluding carboxylic acids is 1. The molecule has 2 aromatic rings. The fraction of sp³-hybridized carbons (Fsp3) is 0.389. The summed E-state index contributed by atoms with van der Waals surface area (Å²) in [5, 5.41) is 5.11. The second-order valence-electron chi connectivity index (χ2n) is 5.73. The molecule has 122 valence electrons. The number of nitrogens with zero attached hydrogens (tertiary/aromatic N) is 1. The van der Waals surface area contributed by atoms with E-state index in [0.717, 1.165) is 30.7 Å². The molecule has 0 unspecified atom stereocenters. The molecule has 2 heterocycles. The molecule has 23 heavy (non-hydrogen) atoms. The first-order chi connectivity index (χ1) is 11.3. The molecule has 3 rings (SSSR count). The lowest BCUT2D eigenvalue weighted by Crippen LogP contribution is -2.36. The topological polar surface area (TPSA) is 41.6 Å². The Morgan fingerprint density at radius 1 is 1.35 bits per heavy atom. The number of benzene rings is 1. The highest BCUT2D eigenvalue weighted by molar-refractivity contribution is 7.10. The molecule has 5 heteroatoms. The number of nitrogens with one attached hydrogen (secondary N) is 1. The van der Waals surface area contributed by atoms with Crippen LogP contribution in [0.3, 0.4) is 0 Å². The fourth-order valence-corrected chi connectivity index (χ4v) is 4.00. The molecule has 0 spiro atoms. The number of likely N-dealkylation sites (tertiary alicyclic amines) is 1. The Morgan fingerprint density at radius 3 is 3.00 bits per heavy atom. The summed E-state index contributed by atoms with van der Waals surface area (Å²) in [5.41, 5.74) is 1.000. The maximum absolute atomic E-state index is 12.3. The van der Waals surface area contributed by atoms with Crippen LogP contribution in [0.4, 0.5) is 0 Å². The lowest BCUT2D eigenvalue weighted by molar-refractivity contribution is -0.122. The SMILES string of the molecule is COc1ccccc1CNC(=O)CN1CCC[C@@H]1c1cccs1. The van der Waals surface area contributed by atoms with Gasteiger partial charge in [-0.3, -0.25) is 9.69 Å². The first-order valence-corrected chi connectivity index (χ1v) is 8.82. The van der Waals surface area contributed by atoms with Gasteiger partial charge >= 0.3 is 0 Å². The molecule has 1 atom stereocenters. The van der Waals surface area contributed by atoms with Crippen molar-refractivity contribution in [1.82, 2.24) is 10.2 Å². The Hall–Kier alpha value is -1.85. The molecule has 4 nitrogen and oxygen atoms in total. The number of para-hydroxylation sites is 1. The van der Waals surface area contributed by atoms with Crippen molar-refractivity contribution < 1.29 is 9.53 Å². The maximum Gasteiger partial charge on any atom is 0.234 e. The molecule has 1 saturated heterocycles. The van der Waals surface area contributed by atoms with Gasteiger partial charge in [0.1, 0.15) is 5.75 Å². The Kier molecular flexibility index (Phi) is 5.31. The highest BCUT2D eigenvalue weighted by Gasteiger charge is 2.28. The lowest BCUT2D eigenvalue weighted by atomic mass is 10.2. The van der Waals surface area contributed by atoms with E-state index < -0.39 is 0 Å². The van der Waals surface area contributed by atoms with Gasteiger partial charge in [-0.2, -0.15) is 0 Å². The van der Waals surface area contributed by atoms with Gasteiger partial charge in [-0.1, -0.05) is 24.3 Å². The van der Waals surface area contributed by atoms with Gasteiger partial charge in [0.2, 0.25) is 5.91 Å². The summed E-state index contributed by atoms with van der Waals surface area (Å²) in [6.45, 7) is 1.95. The van der Waals surface area contributed by atoms with Gasteiger partial charge in [0, 0.05) is 23.0 Å². The standard InChI is InChI=1S/C18H22N2O2S/c1-22-16-8-3-2-6-14(16)12-19-18(21)13-20-10-4-7-15(20)17-9-5-11-23-17/h2-3,5-6,8-9,11,15H,4,7,10,12-13H2,1H3,(H,19,21)/t15-/m1/s1. The second-order valence-corrected chi connectivity index (χ2v) is 6.71. The van der Waals surface area contributed by atoms with Crippen LogP contribution in [0.2, 0.25) is 0 Å². The van der Waals surface area contributed by atoms with E-state index in [9.17, 15) is 4.79 Å². The fourth-order valence-electron chi connectivity index (χ4n) is 3.10. The summed E-state index contributed by atoms with van der Waals surface area (Å²) < 4.78 is 5.32. The maximum atomic E-state index is 12.3. The van der Waals surface area contributed by atoms with E-state index in [1.165, 1.54) is 4.88 Å². The van der Waals surface area contributed by atoms with Crippen molar-refractivity contribution in [1.29, 1.82) is 0 Å². The zero-order valence-corrected chi connectivity index (χ0v) is 14.1. The first kappa shape index (κ1) is 16.0. The monoisotopic (exact) mass is 330 g/mol. The van der Waals surface area contributed by atoms with Gasteiger partial charge in [-0.05, 0) is 36.9 Å². The molecule has 0 radical (unpaired) electrons. The average Bonchev–Trinajstić information content (AvgIpc) is 3.24. The number of ether oxygens (including phenoxy) is 1. The van der Waals surface area contributed by atoms with Crippen molar-refractivity contribution in [2.24, 2.45) is 0 Å². The number of thiophene rings is 1. The quantitative estimate of drug-likeness (QED) is 0.884. The van der Waals surface area contributed by atoms with E-state index in [0.29, 0.717) is 19.1 Å². The molecular weight excluding hydrogens is 308 g/mol. The molecule has 0 saturated carbocycles. The van der Waals surface area contributed by atoms with Crippen LogP contribution in [0.1, 0.15) is 29.3 Å². The van der Waals surface area contributed by atoms with E-state index >= 15 is 0 Å². The minimum Gasteiger partial charge on any atom is -0.496 e. The number of hydrogen-bond acceptors (Lipinski definition) is 4. The number of amides is 1. The normalized spacial score (nSPS) is 18.0. The predicted octanol–water partition coefficient (Wildman–Crippen LogP) is 3.21. The number of rotatable bonds is 6. The number of hydrogen-bond donors (Lipinski definition) is 1. The van der Waals surface area contributed by atoms with E-state index in [1.54, 1.807) is 18.4 Å². The molecule has 1 aliphatic rings. The predicted molar refractivity (Wildman–Crippen MR) is 92.7 cm³/mol. The molecule has 1 aromatic carbocycles. The van der Waals surface area contributed by atoms with E-state index in [1.807, 2.05) is 24.3 Å².